The highest BCUT2D eigenvalue weighted by molar-refractivity contribution is 6.13. The van der Waals surface area contributed by atoms with Crippen molar-refractivity contribution in [3.05, 3.63) is 58.8 Å². The van der Waals surface area contributed by atoms with Crippen LogP contribution in [0.15, 0.2) is 36.2 Å². The summed E-state index contributed by atoms with van der Waals surface area (Å²) in [5.41, 5.74) is 0.888. The van der Waals surface area contributed by atoms with E-state index in [2.05, 4.69) is 4.98 Å². The van der Waals surface area contributed by atoms with Crippen LogP contribution in [0.3, 0.4) is 0 Å². The summed E-state index contributed by atoms with van der Waals surface area (Å²) in [6.07, 6.45) is -7.55. The van der Waals surface area contributed by atoms with Gasteiger partial charge in [0.1, 0.15) is 11.5 Å². The minimum Gasteiger partial charge on any atom is -0.478 e. The van der Waals surface area contributed by atoms with Crippen LogP contribution in [0.5, 0.6) is 0 Å². The van der Waals surface area contributed by atoms with Crippen molar-refractivity contribution in [1.29, 1.82) is 0 Å². The lowest BCUT2D eigenvalue weighted by atomic mass is 10.1. The fourth-order valence-electron chi connectivity index (χ4n) is 4.35. The van der Waals surface area contributed by atoms with Crippen molar-refractivity contribution in [2.75, 3.05) is 13.1 Å². The largest absolute Gasteiger partial charge is 0.478 e. The number of aromatic carboxylic acids is 1. The van der Waals surface area contributed by atoms with E-state index in [0.29, 0.717) is 28.4 Å². The Labute approximate surface area is 232 Å². The predicted octanol–water partition coefficient (Wildman–Crippen LogP) is 6.26. The van der Waals surface area contributed by atoms with Crippen molar-refractivity contribution in [2.45, 2.75) is 70.8 Å². The van der Waals surface area contributed by atoms with E-state index in [1.807, 2.05) is 6.92 Å². The molecular formula is C27H30F6N4O4. The van der Waals surface area contributed by atoms with Gasteiger partial charge in [-0.15, -0.1) is 0 Å². The molecule has 1 aliphatic heterocycles. The Bertz CT molecular complexity index is 1270. The standard InChI is InChI=1S/C27H30F6N4O4/c1-2-3-6-22-34-16-20(37(22)17-18-7-9-19(10-8-18)24(39)40)15-21-23(38)36(14-5-12-27(31,32)33)25(41)35(21)13-4-11-26(28,29)30/h7-10,15-16H,2-6,11-14,17H2,1H3,(H,39,40)/b21-15-. The molecule has 1 aliphatic rings. The van der Waals surface area contributed by atoms with Crippen LogP contribution in [0.4, 0.5) is 31.1 Å². The number of benzene rings is 1. The number of amides is 3. The lowest BCUT2D eigenvalue weighted by molar-refractivity contribution is -0.137. The van der Waals surface area contributed by atoms with E-state index in [0.717, 1.165) is 17.7 Å². The number of alkyl halides is 6. The summed E-state index contributed by atoms with van der Waals surface area (Å²) in [6, 6.07) is 5.10. The minimum absolute atomic E-state index is 0.0862. The molecular weight excluding hydrogens is 558 g/mol. The van der Waals surface area contributed by atoms with Crippen LogP contribution in [0.1, 0.15) is 72.9 Å². The Balaban J connectivity index is 1.96. The third-order valence-corrected chi connectivity index (χ3v) is 6.45. The second kappa shape index (κ2) is 13.2. The smallest absolute Gasteiger partial charge is 0.389 e. The summed E-state index contributed by atoms with van der Waals surface area (Å²) in [4.78, 5) is 43.3. The zero-order valence-corrected chi connectivity index (χ0v) is 22.3. The number of rotatable bonds is 13. The van der Waals surface area contributed by atoms with Gasteiger partial charge in [-0.05, 0) is 43.0 Å². The summed E-state index contributed by atoms with van der Waals surface area (Å²) in [5, 5.41) is 9.16. The highest BCUT2D eigenvalue weighted by Crippen LogP contribution is 2.29. The molecule has 1 fully saturated rings. The maximum Gasteiger partial charge on any atom is 0.389 e. The van der Waals surface area contributed by atoms with Gasteiger partial charge in [-0.3, -0.25) is 14.6 Å². The Morgan fingerprint density at radius 3 is 2.05 bits per heavy atom. The predicted molar refractivity (Wildman–Crippen MR) is 136 cm³/mol. The number of carboxylic acids is 1. The van der Waals surface area contributed by atoms with E-state index in [1.54, 1.807) is 16.7 Å². The van der Waals surface area contributed by atoms with Crippen LogP contribution >= 0.6 is 0 Å². The molecule has 224 valence electrons. The molecule has 0 unspecified atom stereocenters. The number of imidazole rings is 1. The van der Waals surface area contributed by atoms with Gasteiger partial charge in [-0.25, -0.2) is 14.6 Å². The molecule has 0 radical (unpaired) electrons. The number of carboxylic acid groups (broad SMARTS) is 1. The van der Waals surface area contributed by atoms with Crippen LogP contribution in [0, 0.1) is 0 Å². The van der Waals surface area contributed by atoms with Crippen LogP contribution in [-0.4, -0.2) is 67.8 Å². The van der Waals surface area contributed by atoms with E-state index in [4.69, 9.17) is 5.11 Å². The zero-order valence-electron chi connectivity index (χ0n) is 22.3. The molecule has 14 heteroatoms. The average molecular weight is 589 g/mol. The van der Waals surface area contributed by atoms with Crippen molar-refractivity contribution in [1.82, 2.24) is 19.4 Å². The molecule has 0 saturated carbocycles. The molecule has 0 bridgehead atoms. The van der Waals surface area contributed by atoms with Gasteiger partial charge in [0.05, 0.1) is 17.5 Å². The number of halogens is 6. The van der Waals surface area contributed by atoms with Gasteiger partial charge < -0.3 is 9.67 Å². The number of urea groups is 1. The summed E-state index contributed by atoms with van der Waals surface area (Å²) in [7, 11) is 0. The van der Waals surface area contributed by atoms with E-state index < -0.39 is 69.0 Å². The number of unbranched alkanes of at least 4 members (excludes halogenated alkanes) is 1. The van der Waals surface area contributed by atoms with Crippen LogP contribution in [0.25, 0.3) is 6.08 Å². The number of hydrogen-bond acceptors (Lipinski definition) is 4. The van der Waals surface area contributed by atoms with Crippen LogP contribution in [-0.2, 0) is 17.8 Å². The van der Waals surface area contributed by atoms with Crippen molar-refractivity contribution >= 4 is 24.0 Å². The number of carbonyl (C=O) groups excluding carboxylic acids is 2. The maximum atomic E-state index is 13.2. The third-order valence-electron chi connectivity index (χ3n) is 6.45. The molecule has 0 aliphatic carbocycles. The van der Waals surface area contributed by atoms with Gasteiger partial charge in [0.2, 0.25) is 0 Å². The van der Waals surface area contributed by atoms with Gasteiger partial charge in [0.15, 0.2) is 0 Å². The van der Waals surface area contributed by atoms with Gasteiger partial charge in [0.25, 0.3) is 5.91 Å². The van der Waals surface area contributed by atoms with Gasteiger partial charge in [-0.1, -0.05) is 25.5 Å². The summed E-state index contributed by atoms with van der Waals surface area (Å²) < 4.78 is 78.1. The lowest BCUT2D eigenvalue weighted by Gasteiger charge is -2.18. The second-order valence-corrected chi connectivity index (χ2v) is 9.65. The first kappa shape index (κ1) is 31.7. The average Bonchev–Trinajstić information content (AvgIpc) is 3.35. The second-order valence-electron chi connectivity index (χ2n) is 9.65. The third kappa shape index (κ3) is 8.82. The Morgan fingerprint density at radius 2 is 1.51 bits per heavy atom. The summed E-state index contributed by atoms with van der Waals surface area (Å²) in [6.45, 7) is 1.19. The number of imide groups is 1. The fourth-order valence-corrected chi connectivity index (χ4v) is 4.35. The number of aryl methyl sites for hydroxylation is 1. The van der Waals surface area contributed by atoms with Crippen molar-refractivity contribution in [2.24, 2.45) is 0 Å². The first-order chi connectivity index (χ1) is 19.2. The van der Waals surface area contributed by atoms with E-state index >= 15 is 0 Å². The Kier molecular flexibility index (Phi) is 10.2. The zero-order chi connectivity index (χ0) is 30.4. The molecule has 3 rings (SSSR count). The van der Waals surface area contributed by atoms with Crippen LogP contribution < -0.4 is 0 Å². The highest BCUT2D eigenvalue weighted by atomic mass is 19.4. The molecule has 2 heterocycles. The molecule has 1 aromatic carbocycles. The number of carbonyl (C=O) groups is 3. The number of hydrogen-bond donors (Lipinski definition) is 1. The van der Waals surface area contributed by atoms with E-state index in [9.17, 15) is 40.7 Å². The molecule has 3 amide bonds. The topological polar surface area (TPSA) is 95.7 Å². The number of nitrogens with zero attached hydrogens (tertiary/aromatic N) is 4. The number of aromatic nitrogens is 2. The van der Waals surface area contributed by atoms with E-state index in [1.165, 1.54) is 24.4 Å². The molecule has 2 aromatic rings. The molecule has 0 spiro atoms. The SMILES string of the molecule is CCCCc1ncc(/C=C2/C(=O)N(CCCC(F)(F)F)C(=O)N2CCCC(F)(F)F)n1Cc1ccc(C(=O)O)cc1. The summed E-state index contributed by atoms with van der Waals surface area (Å²) >= 11 is 0. The molecule has 1 aromatic heterocycles. The normalized spacial score (nSPS) is 15.4. The quantitative estimate of drug-likeness (QED) is 0.169. The van der Waals surface area contributed by atoms with Crippen molar-refractivity contribution < 1.29 is 45.8 Å². The van der Waals surface area contributed by atoms with Gasteiger partial charge >= 0.3 is 24.4 Å². The van der Waals surface area contributed by atoms with Gasteiger partial charge in [0, 0.05) is 38.9 Å². The van der Waals surface area contributed by atoms with Gasteiger partial charge in [-0.2, -0.15) is 26.3 Å². The van der Waals surface area contributed by atoms with E-state index in [-0.39, 0.29) is 17.8 Å². The molecule has 1 N–H and O–H groups in total. The molecule has 1 saturated heterocycles. The molecule has 8 nitrogen and oxygen atoms in total. The molecule has 0 atom stereocenters. The highest BCUT2D eigenvalue weighted by Gasteiger charge is 2.41. The lowest BCUT2D eigenvalue weighted by Crippen LogP contribution is -2.34. The monoisotopic (exact) mass is 588 g/mol. The Hall–Kier alpha value is -3.84. The first-order valence-corrected chi connectivity index (χ1v) is 13.1. The maximum absolute atomic E-state index is 13.2. The fraction of sp³-hybridized carbons (Fsp3) is 0.481. The van der Waals surface area contributed by atoms with Crippen molar-refractivity contribution in [3.63, 3.8) is 0 Å². The van der Waals surface area contributed by atoms with Crippen LogP contribution in [0.2, 0.25) is 0 Å². The summed E-state index contributed by atoms with van der Waals surface area (Å²) in [5.74, 6) is -1.37. The molecule has 41 heavy (non-hydrogen) atoms. The first-order valence-electron chi connectivity index (χ1n) is 13.1. The minimum atomic E-state index is -4.50. The van der Waals surface area contributed by atoms with Crippen molar-refractivity contribution in [3.8, 4) is 0 Å². The Morgan fingerprint density at radius 1 is 0.927 bits per heavy atom.